The van der Waals surface area contributed by atoms with E-state index in [1.807, 2.05) is 0 Å². The van der Waals surface area contributed by atoms with Crippen LogP contribution in [0.3, 0.4) is 0 Å². The standard InChI is InChI=1S/C18H33N3/c1-17(2,3)8-7-9-19-14-16(15-19)20-10-12-21(13-11-20)18(4,5)6/h16H,9-15H2,1-6H3. The third kappa shape index (κ3) is 4.98. The number of rotatable bonds is 2. The van der Waals surface area contributed by atoms with Gasteiger partial charge in [-0.25, -0.2) is 0 Å². The zero-order valence-electron chi connectivity index (χ0n) is 14.9. The fourth-order valence-corrected chi connectivity index (χ4v) is 3.08. The highest BCUT2D eigenvalue weighted by Crippen LogP contribution is 2.20. The summed E-state index contributed by atoms with van der Waals surface area (Å²) >= 11 is 0. The van der Waals surface area contributed by atoms with Gasteiger partial charge in [-0.3, -0.25) is 14.7 Å². The van der Waals surface area contributed by atoms with Crippen LogP contribution >= 0.6 is 0 Å². The molecule has 2 fully saturated rings. The van der Waals surface area contributed by atoms with Crippen LogP contribution in [0.15, 0.2) is 0 Å². The summed E-state index contributed by atoms with van der Waals surface area (Å²) in [4.78, 5) is 7.75. The van der Waals surface area contributed by atoms with Crippen LogP contribution in [0.1, 0.15) is 41.5 Å². The molecule has 2 aliphatic heterocycles. The van der Waals surface area contributed by atoms with E-state index in [9.17, 15) is 0 Å². The van der Waals surface area contributed by atoms with Crippen molar-refractivity contribution in [3.63, 3.8) is 0 Å². The van der Waals surface area contributed by atoms with Gasteiger partial charge in [-0.05, 0) is 41.5 Å². The van der Waals surface area contributed by atoms with E-state index in [0.29, 0.717) is 5.54 Å². The lowest BCUT2D eigenvalue weighted by molar-refractivity contribution is -0.00910. The predicted octanol–water partition coefficient (Wildman–Crippen LogP) is 2.14. The lowest BCUT2D eigenvalue weighted by Gasteiger charge is -2.49. The Morgan fingerprint density at radius 1 is 0.905 bits per heavy atom. The van der Waals surface area contributed by atoms with Crippen LogP contribution in [-0.4, -0.2) is 72.1 Å². The molecule has 2 rings (SSSR count). The minimum Gasteiger partial charge on any atom is -0.296 e. The van der Waals surface area contributed by atoms with E-state index in [2.05, 4.69) is 68.1 Å². The molecule has 0 radical (unpaired) electrons. The van der Waals surface area contributed by atoms with Crippen molar-refractivity contribution in [3.05, 3.63) is 0 Å². The molecule has 2 aliphatic rings. The van der Waals surface area contributed by atoms with Gasteiger partial charge < -0.3 is 0 Å². The van der Waals surface area contributed by atoms with Gasteiger partial charge in [0.2, 0.25) is 0 Å². The van der Waals surface area contributed by atoms with Crippen LogP contribution in [-0.2, 0) is 0 Å². The Hall–Kier alpha value is -0.560. The third-order valence-electron chi connectivity index (χ3n) is 4.48. The van der Waals surface area contributed by atoms with Crippen LogP contribution in [0, 0.1) is 17.3 Å². The average molecular weight is 291 g/mol. The molecule has 0 aliphatic carbocycles. The lowest BCUT2D eigenvalue weighted by atomic mass is 9.98. The van der Waals surface area contributed by atoms with Crippen molar-refractivity contribution < 1.29 is 0 Å². The quantitative estimate of drug-likeness (QED) is 0.722. The van der Waals surface area contributed by atoms with E-state index >= 15 is 0 Å². The molecule has 3 nitrogen and oxygen atoms in total. The van der Waals surface area contributed by atoms with Crippen molar-refractivity contribution in [2.75, 3.05) is 45.8 Å². The molecule has 120 valence electrons. The minimum atomic E-state index is 0.132. The molecule has 0 unspecified atom stereocenters. The van der Waals surface area contributed by atoms with Crippen LogP contribution in [0.4, 0.5) is 0 Å². The van der Waals surface area contributed by atoms with Gasteiger partial charge in [0.05, 0.1) is 6.54 Å². The highest BCUT2D eigenvalue weighted by Gasteiger charge is 2.34. The van der Waals surface area contributed by atoms with Crippen molar-refractivity contribution >= 4 is 0 Å². The Labute approximate surface area is 131 Å². The van der Waals surface area contributed by atoms with Crippen molar-refractivity contribution in [1.82, 2.24) is 14.7 Å². The molecule has 0 aromatic rings. The summed E-state index contributed by atoms with van der Waals surface area (Å²) in [5.41, 5.74) is 0.452. The van der Waals surface area contributed by atoms with Gasteiger partial charge in [-0.15, -0.1) is 0 Å². The van der Waals surface area contributed by atoms with Crippen molar-refractivity contribution in [2.24, 2.45) is 5.41 Å². The van der Waals surface area contributed by atoms with Gasteiger partial charge >= 0.3 is 0 Å². The molecule has 0 saturated carbocycles. The lowest BCUT2D eigenvalue weighted by Crippen LogP contribution is -2.64. The maximum atomic E-state index is 3.33. The second kappa shape index (κ2) is 6.28. The van der Waals surface area contributed by atoms with E-state index in [4.69, 9.17) is 0 Å². The number of piperazine rings is 1. The first-order chi connectivity index (χ1) is 9.65. The first-order valence-electron chi connectivity index (χ1n) is 8.37. The zero-order chi connectivity index (χ0) is 15.7. The molecule has 0 atom stereocenters. The molecule has 2 heterocycles. The molecule has 0 spiro atoms. The molecule has 0 N–H and O–H groups in total. The predicted molar refractivity (Wildman–Crippen MR) is 90.4 cm³/mol. The Bertz CT molecular complexity index is 391. The van der Waals surface area contributed by atoms with Gasteiger partial charge in [-0.1, -0.05) is 11.8 Å². The monoisotopic (exact) mass is 291 g/mol. The fourth-order valence-electron chi connectivity index (χ4n) is 3.08. The minimum absolute atomic E-state index is 0.132. The third-order valence-corrected chi connectivity index (χ3v) is 4.48. The Morgan fingerprint density at radius 3 is 1.95 bits per heavy atom. The molecule has 3 heteroatoms. The van der Waals surface area contributed by atoms with Crippen LogP contribution in [0.2, 0.25) is 0 Å². The van der Waals surface area contributed by atoms with E-state index in [0.717, 1.165) is 12.6 Å². The van der Waals surface area contributed by atoms with E-state index in [1.165, 1.54) is 39.3 Å². The smallest absolute Gasteiger partial charge is 0.0602 e. The summed E-state index contributed by atoms with van der Waals surface area (Å²) in [6, 6.07) is 0.767. The fraction of sp³-hybridized carbons (Fsp3) is 0.889. The van der Waals surface area contributed by atoms with Gasteiger partial charge in [-0.2, -0.15) is 0 Å². The summed E-state index contributed by atoms with van der Waals surface area (Å²) in [5, 5.41) is 0. The summed E-state index contributed by atoms with van der Waals surface area (Å²) in [6.07, 6.45) is 0. The second-order valence-corrected chi connectivity index (χ2v) is 8.59. The van der Waals surface area contributed by atoms with E-state index in [1.54, 1.807) is 0 Å². The highest BCUT2D eigenvalue weighted by molar-refractivity contribution is 5.10. The van der Waals surface area contributed by atoms with Crippen molar-refractivity contribution in [3.8, 4) is 11.8 Å². The summed E-state index contributed by atoms with van der Waals surface area (Å²) < 4.78 is 0. The Morgan fingerprint density at radius 2 is 1.48 bits per heavy atom. The second-order valence-electron chi connectivity index (χ2n) is 8.59. The summed E-state index contributed by atoms with van der Waals surface area (Å²) in [5.74, 6) is 6.65. The van der Waals surface area contributed by atoms with Crippen LogP contribution in [0.5, 0.6) is 0 Å². The van der Waals surface area contributed by atoms with E-state index in [-0.39, 0.29) is 5.41 Å². The number of nitrogens with zero attached hydrogens (tertiary/aromatic N) is 3. The molecule has 0 bridgehead atoms. The SMILES string of the molecule is CC(C)(C)C#CCN1CC(N2CCN(C(C)(C)C)CC2)C1. The molecular weight excluding hydrogens is 258 g/mol. The van der Waals surface area contributed by atoms with Gasteiger partial charge in [0, 0.05) is 56.3 Å². The molecule has 2 saturated heterocycles. The van der Waals surface area contributed by atoms with Crippen molar-refractivity contribution in [1.29, 1.82) is 0 Å². The topological polar surface area (TPSA) is 9.72 Å². The highest BCUT2D eigenvalue weighted by atomic mass is 15.4. The largest absolute Gasteiger partial charge is 0.296 e. The first kappa shape index (κ1) is 16.8. The first-order valence-corrected chi connectivity index (χ1v) is 8.37. The molecule has 0 amide bonds. The summed E-state index contributed by atoms with van der Waals surface area (Å²) in [6.45, 7) is 21.7. The van der Waals surface area contributed by atoms with Gasteiger partial charge in [0.15, 0.2) is 0 Å². The van der Waals surface area contributed by atoms with E-state index < -0.39 is 0 Å². The molecular formula is C18H33N3. The number of hydrogen-bond acceptors (Lipinski definition) is 3. The Kier molecular flexibility index (Phi) is 5.03. The van der Waals surface area contributed by atoms with Gasteiger partial charge in [0.25, 0.3) is 0 Å². The maximum absolute atomic E-state index is 3.33. The zero-order valence-corrected chi connectivity index (χ0v) is 14.9. The average Bonchev–Trinajstić information content (AvgIpc) is 2.30. The van der Waals surface area contributed by atoms with Crippen molar-refractivity contribution in [2.45, 2.75) is 53.1 Å². The normalized spacial score (nSPS) is 23.5. The van der Waals surface area contributed by atoms with Crippen LogP contribution in [0.25, 0.3) is 0 Å². The molecule has 0 aromatic heterocycles. The maximum Gasteiger partial charge on any atom is 0.0602 e. The van der Waals surface area contributed by atoms with Gasteiger partial charge in [0.1, 0.15) is 0 Å². The number of likely N-dealkylation sites (tertiary alicyclic amines) is 1. The molecule has 0 aromatic carbocycles. The number of hydrogen-bond donors (Lipinski definition) is 0. The Balaban J connectivity index is 1.68. The summed E-state index contributed by atoms with van der Waals surface area (Å²) in [7, 11) is 0. The molecule has 21 heavy (non-hydrogen) atoms. The van der Waals surface area contributed by atoms with Crippen LogP contribution < -0.4 is 0 Å².